The lowest BCUT2D eigenvalue weighted by atomic mass is 10.2. The number of amides is 3. The van der Waals surface area contributed by atoms with E-state index in [0.717, 1.165) is 0 Å². The predicted molar refractivity (Wildman–Crippen MR) is 97.3 cm³/mol. The number of alkyl carbamates (subject to hydrolysis) is 2. The molecule has 3 amide bonds. The van der Waals surface area contributed by atoms with Crippen molar-refractivity contribution in [1.29, 1.82) is 0 Å². The molecule has 0 aromatic carbocycles. The lowest BCUT2D eigenvalue weighted by molar-refractivity contribution is -0.137. The van der Waals surface area contributed by atoms with Gasteiger partial charge in [-0.3, -0.25) is 9.59 Å². The van der Waals surface area contributed by atoms with E-state index in [2.05, 4.69) is 16.0 Å². The molecule has 0 aromatic heterocycles. The minimum absolute atomic E-state index is 0.0573. The average Bonchev–Trinajstić information content (AvgIpc) is 2.41. The lowest BCUT2D eigenvalue weighted by Gasteiger charge is -2.24. The highest BCUT2D eigenvalue weighted by Gasteiger charge is 2.25. The van der Waals surface area contributed by atoms with Crippen molar-refractivity contribution in [3.05, 3.63) is 0 Å². The fourth-order valence-electron chi connectivity index (χ4n) is 1.77. The van der Waals surface area contributed by atoms with Crippen molar-refractivity contribution in [3.8, 4) is 0 Å². The van der Waals surface area contributed by atoms with Crippen LogP contribution in [0.25, 0.3) is 0 Å². The van der Waals surface area contributed by atoms with E-state index in [1.807, 2.05) is 0 Å². The molecule has 10 nitrogen and oxygen atoms in total. The summed E-state index contributed by atoms with van der Waals surface area (Å²) in [7, 11) is 0. The molecule has 0 aliphatic rings. The molecular formula is C17H31N3O7. The number of carboxylic acid groups (broad SMARTS) is 1. The van der Waals surface area contributed by atoms with Gasteiger partial charge in [-0.2, -0.15) is 0 Å². The highest BCUT2D eigenvalue weighted by molar-refractivity contribution is 5.86. The second kappa shape index (κ2) is 10.6. The first-order valence-electron chi connectivity index (χ1n) is 8.65. The summed E-state index contributed by atoms with van der Waals surface area (Å²) in [5.41, 5.74) is -1.41. The SMILES string of the molecule is CC(C)(C)OC(=O)NCCC(NC(=O)OC(C)(C)C)C(=O)NCCC(=O)O. The summed E-state index contributed by atoms with van der Waals surface area (Å²) in [6.07, 6.45) is -1.62. The molecule has 0 fully saturated rings. The van der Waals surface area contributed by atoms with Crippen LogP contribution in [0.5, 0.6) is 0 Å². The van der Waals surface area contributed by atoms with Gasteiger partial charge >= 0.3 is 18.2 Å². The Morgan fingerprint density at radius 1 is 0.852 bits per heavy atom. The summed E-state index contributed by atoms with van der Waals surface area (Å²) in [5.74, 6) is -1.63. The van der Waals surface area contributed by atoms with E-state index in [0.29, 0.717) is 0 Å². The number of aliphatic carboxylic acids is 1. The van der Waals surface area contributed by atoms with E-state index >= 15 is 0 Å². The van der Waals surface area contributed by atoms with Crippen LogP contribution in [-0.4, -0.2) is 59.5 Å². The fraction of sp³-hybridized carbons (Fsp3) is 0.765. The van der Waals surface area contributed by atoms with Gasteiger partial charge in [0.15, 0.2) is 0 Å². The Kier molecular flexibility index (Phi) is 9.60. The summed E-state index contributed by atoms with van der Waals surface area (Å²) >= 11 is 0. The van der Waals surface area contributed by atoms with Gasteiger partial charge in [0.2, 0.25) is 5.91 Å². The quantitative estimate of drug-likeness (QED) is 0.491. The second-order valence-corrected chi connectivity index (χ2v) is 7.85. The Bertz CT molecular complexity index is 536. The van der Waals surface area contributed by atoms with Crippen LogP contribution in [0, 0.1) is 0 Å². The number of hydrogen-bond donors (Lipinski definition) is 4. The first-order valence-corrected chi connectivity index (χ1v) is 8.65. The van der Waals surface area contributed by atoms with Gasteiger partial charge < -0.3 is 30.5 Å². The van der Waals surface area contributed by atoms with Gasteiger partial charge in [0.05, 0.1) is 6.42 Å². The minimum Gasteiger partial charge on any atom is -0.481 e. The molecule has 156 valence electrons. The van der Waals surface area contributed by atoms with E-state index in [1.54, 1.807) is 41.5 Å². The third kappa shape index (κ3) is 14.3. The zero-order chi connectivity index (χ0) is 21.3. The van der Waals surface area contributed by atoms with E-state index in [9.17, 15) is 19.2 Å². The molecule has 1 atom stereocenters. The Morgan fingerprint density at radius 2 is 1.37 bits per heavy atom. The van der Waals surface area contributed by atoms with Crippen molar-refractivity contribution in [2.45, 2.75) is 71.6 Å². The molecule has 0 aromatic rings. The molecule has 0 aliphatic carbocycles. The maximum absolute atomic E-state index is 12.2. The van der Waals surface area contributed by atoms with Crippen LogP contribution in [0.15, 0.2) is 0 Å². The molecule has 0 saturated carbocycles. The van der Waals surface area contributed by atoms with Gasteiger partial charge in [-0.25, -0.2) is 9.59 Å². The maximum atomic E-state index is 12.2. The van der Waals surface area contributed by atoms with E-state index in [4.69, 9.17) is 14.6 Å². The topological polar surface area (TPSA) is 143 Å². The summed E-state index contributed by atoms with van der Waals surface area (Å²) in [4.78, 5) is 46.3. The highest BCUT2D eigenvalue weighted by Crippen LogP contribution is 2.08. The molecule has 0 saturated heterocycles. The molecule has 10 heteroatoms. The van der Waals surface area contributed by atoms with Crippen molar-refractivity contribution < 1.29 is 33.8 Å². The highest BCUT2D eigenvalue weighted by atomic mass is 16.6. The first-order chi connectivity index (χ1) is 12.2. The third-order valence-corrected chi connectivity index (χ3v) is 2.75. The van der Waals surface area contributed by atoms with E-state index in [-0.39, 0.29) is 25.9 Å². The van der Waals surface area contributed by atoms with Crippen LogP contribution in [0.2, 0.25) is 0 Å². The van der Waals surface area contributed by atoms with Gasteiger partial charge in [-0.15, -0.1) is 0 Å². The third-order valence-electron chi connectivity index (χ3n) is 2.75. The fourth-order valence-corrected chi connectivity index (χ4v) is 1.77. The maximum Gasteiger partial charge on any atom is 0.408 e. The Hall–Kier alpha value is -2.52. The van der Waals surface area contributed by atoms with E-state index in [1.165, 1.54) is 0 Å². The molecule has 0 rings (SSSR count). The van der Waals surface area contributed by atoms with Crippen LogP contribution in [-0.2, 0) is 19.1 Å². The smallest absolute Gasteiger partial charge is 0.408 e. The number of nitrogens with one attached hydrogen (secondary N) is 3. The number of carboxylic acids is 1. The summed E-state index contributed by atoms with van der Waals surface area (Å²) in [5, 5.41) is 16.0. The molecule has 27 heavy (non-hydrogen) atoms. The van der Waals surface area contributed by atoms with Crippen molar-refractivity contribution in [1.82, 2.24) is 16.0 Å². The Balaban J connectivity index is 4.72. The summed E-state index contributed by atoms with van der Waals surface area (Å²) < 4.78 is 10.2. The molecule has 0 aliphatic heterocycles. The van der Waals surface area contributed by atoms with Crippen LogP contribution >= 0.6 is 0 Å². The monoisotopic (exact) mass is 389 g/mol. The van der Waals surface area contributed by atoms with Gasteiger partial charge in [0, 0.05) is 13.1 Å². The minimum atomic E-state index is -1.06. The van der Waals surface area contributed by atoms with Crippen molar-refractivity contribution in [3.63, 3.8) is 0 Å². The predicted octanol–water partition coefficient (Wildman–Crippen LogP) is 1.39. The van der Waals surface area contributed by atoms with Crippen LogP contribution in [0.4, 0.5) is 9.59 Å². The van der Waals surface area contributed by atoms with Crippen molar-refractivity contribution in [2.24, 2.45) is 0 Å². The molecular weight excluding hydrogens is 358 g/mol. The molecule has 0 spiro atoms. The number of ether oxygens (including phenoxy) is 2. The molecule has 1 unspecified atom stereocenters. The Morgan fingerprint density at radius 3 is 1.85 bits per heavy atom. The number of rotatable bonds is 8. The van der Waals surface area contributed by atoms with E-state index < -0.39 is 41.3 Å². The normalized spacial score (nSPS) is 12.5. The molecule has 0 radical (unpaired) electrons. The van der Waals surface area contributed by atoms with Gasteiger partial charge in [-0.05, 0) is 48.0 Å². The lowest BCUT2D eigenvalue weighted by Crippen LogP contribution is -2.50. The summed E-state index contributed by atoms with van der Waals surface area (Å²) in [6, 6.07) is -1.01. The number of carbonyl (C=O) groups is 4. The molecule has 0 bridgehead atoms. The Labute approximate surface area is 159 Å². The zero-order valence-corrected chi connectivity index (χ0v) is 16.8. The molecule has 0 heterocycles. The molecule has 4 N–H and O–H groups in total. The second-order valence-electron chi connectivity index (χ2n) is 7.85. The number of carbonyl (C=O) groups excluding carboxylic acids is 3. The van der Waals surface area contributed by atoms with Crippen molar-refractivity contribution in [2.75, 3.05) is 13.1 Å². The largest absolute Gasteiger partial charge is 0.481 e. The van der Waals surface area contributed by atoms with Crippen LogP contribution < -0.4 is 16.0 Å². The zero-order valence-electron chi connectivity index (χ0n) is 16.8. The van der Waals surface area contributed by atoms with Gasteiger partial charge in [-0.1, -0.05) is 0 Å². The van der Waals surface area contributed by atoms with Crippen LogP contribution in [0.3, 0.4) is 0 Å². The van der Waals surface area contributed by atoms with Gasteiger partial charge in [0.25, 0.3) is 0 Å². The van der Waals surface area contributed by atoms with Crippen LogP contribution in [0.1, 0.15) is 54.4 Å². The van der Waals surface area contributed by atoms with Crippen molar-refractivity contribution >= 4 is 24.1 Å². The van der Waals surface area contributed by atoms with Gasteiger partial charge in [0.1, 0.15) is 17.2 Å². The standard InChI is InChI=1S/C17H31N3O7/c1-16(2,3)26-14(24)19-9-7-11(13(23)18-10-8-12(21)22)20-15(25)27-17(4,5)6/h11H,7-10H2,1-6H3,(H,18,23)(H,19,24)(H,20,25)(H,21,22). The number of hydrogen-bond acceptors (Lipinski definition) is 6. The first kappa shape index (κ1) is 24.5. The summed E-state index contributed by atoms with van der Waals surface area (Å²) in [6.45, 7) is 10.2. The average molecular weight is 389 g/mol.